The maximum Gasteiger partial charge on any atom is 0.416 e. The number of nitrogens with zero attached hydrogens (tertiary/aromatic N) is 3. The van der Waals surface area contributed by atoms with Crippen LogP contribution in [0.1, 0.15) is 46.4 Å². The fourth-order valence-electron chi connectivity index (χ4n) is 4.83. The lowest BCUT2D eigenvalue weighted by Crippen LogP contribution is -2.59. The molecule has 234 valence electrons. The van der Waals surface area contributed by atoms with Crippen LogP contribution in [0.2, 0.25) is 0 Å². The zero-order valence-electron chi connectivity index (χ0n) is 24.8. The molecule has 12 heteroatoms. The Balaban J connectivity index is 1.29. The lowest BCUT2D eigenvalue weighted by atomic mass is 9.95. The molecule has 1 atom stereocenters. The first-order chi connectivity index (χ1) is 21.2. The topological polar surface area (TPSA) is 112 Å². The van der Waals surface area contributed by atoms with Crippen LogP contribution in [-0.2, 0) is 27.6 Å². The summed E-state index contributed by atoms with van der Waals surface area (Å²) in [6.07, 6.45) is -1.15. The normalized spacial score (nSPS) is 14.5. The molecule has 1 aliphatic rings. The molecular formula is C33H31F3N4O4S. The van der Waals surface area contributed by atoms with Crippen LogP contribution in [0.3, 0.4) is 0 Å². The van der Waals surface area contributed by atoms with Gasteiger partial charge in [0.1, 0.15) is 6.04 Å². The molecule has 1 aliphatic heterocycles. The zero-order chi connectivity index (χ0) is 32.5. The number of benzene rings is 2. The average Bonchev–Trinajstić information content (AvgIpc) is 3.48. The van der Waals surface area contributed by atoms with Crippen molar-refractivity contribution in [3.8, 4) is 22.5 Å². The Morgan fingerprint density at radius 2 is 1.51 bits per heavy atom. The van der Waals surface area contributed by atoms with Crippen molar-refractivity contribution in [2.75, 3.05) is 13.1 Å². The van der Waals surface area contributed by atoms with E-state index in [1.54, 1.807) is 30.3 Å². The summed E-state index contributed by atoms with van der Waals surface area (Å²) < 4.78 is 38.6. The maximum absolute atomic E-state index is 13.4. The van der Waals surface area contributed by atoms with Gasteiger partial charge in [-0.15, -0.1) is 11.3 Å². The molecule has 0 unspecified atom stereocenters. The Hall–Kier alpha value is -4.58. The molecule has 3 heterocycles. The predicted octanol–water partition coefficient (Wildman–Crippen LogP) is 6.07. The second-order valence-corrected chi connectivity index (χ2v) is 13.1. The quantitative estimate of drug-likeness (QED) is 0.243. The summed E-state index contributed by atoms with van der Waals surface area (Å²) >= 11 is 1.37. The van der Waals surface area contributed by atoms with E-state index in [2.05, 4.69) is 36.1 Å². The number of carboxylic acid groups (broad SMARTS) is 1. The van der Waals surface area contributed by atoms with Gasteiger partial charge in [-0.3, -0.25) is 14.4 Å². The van der Waals surface area contributed by atoms with E-state index >= 15 is 0 Å². The summed E-state index contributed by atoms with van der Waals surface area (Å²) in [4.78, 5) is 49.6. The summed E-state index contributed by atoms with van der Waals surface area (Å²) in [5.74, 6) is -1.90. The molecule has 2 N–H and O–H groups in total. The predicted molar refractivity (Wildman–Crippen MR) is 164 cm³/mol. The molecular weight excluding hydrogens is 605 g/mol. The molecule has 1 saturated heterocycles. The lowest BCUT2D eigenvalue weighted by molar-refractivity contribution is -0.153. The number of carboxylic acids is 1. The van der Waals surface area contributed by atoms with Crippen LogP contribution in [0.5, 0.6) is 0 Å². The van der Waals surface area contributed by atoms with Crippen molar-refractivity contribution in [2.24, 2.45) is 5.92 Å². The summed E-state index contributed by atoms with van der Waals surface area (Å²) in [6.45, 7) is 6.34. The first-order valence-electron chi connectivity index (χ1n) is 14.2. The summed E-state index contributed by atoms with van der Waals surface area (Å²) in [6, 6.07) is 14.7. The number of amides is 2. The van der Waals surface area contributed by atoms with Gasteiger partial charge in [0.2, 0.25) is 5.91 Å². The summed E-state index contributed by atoms with van der Waals surface area (Å²) in [5.41, 5.74) is 1.70. The number of carbonyl (C=O) groups excluding carboxylic acids is 2. The number of nitrogens with one attached hydrogen (secondary N) is 1. The van der Waals surface area contributed by atoms with Gasteiger partial charge in [-0.1, -0.05) is 57.2 Å². The highest BCUT2D eigenvalue weighted by Gasteiger charge is 2.39. The second-order valence-electron chi connectivity index (χ2n) is 12.0. The number of hydrogen-bond donors (Lipinski definition) is 2. The number of thiophene rings is 1. The van der Waals surface area contributed by atoms with E-state index in [-0.39, 0.29) is 36.7 Å². The number of likely N-dealkylation sites (tertiary alicyclic amines) is 1. The molecule has 2 aromatic carbocycles. The van der Waals surface area contributed by atoms with Crippen molar-refractivity contribution in [1.82, 2.24) is 20.2 Å². The molecule has 5 rings (SSSR count). The number of hydrogen-bond acceptors (Lipinski definition) is 6. The maximum atomic E-state index is 13.4. The first kappa shape index (κ1) is 31.8. The minimum absolute atomic E-state index is 0.0897. The molecule has 2 aromatic heterocycles. The fraction of sp³-hybridized carbons (Fsp3) is 0.303. The first-order valence-corrected chi connectivity index (χ1v) is 15.0. The van der Waals surface area contributed by atoms with Crippen molar-refractivity contribution >= 4 is 29.1 Å². The van der Waals surface area contributed by atoms with Crippen molar-refractivity contribution in [3.05, 3.63) is 93.9 Å². The monoisotopic (exact) mass is 636 g/mol. The number of carbonyl (C=O) groups is 3. The standard InChI is InChI=1S/C33H31F3N4O4S/c1-32(2,3)27-13-12-26(45-27)29(41)39-25(30(42)40-17-23(18-40)31(43)44)14-19-4-6-21(7-5-19)28-37-15-22(16-38-28)20-8-10-24(11-9-20)33(34,35)36/h4-13,15-16,23,25H,14,17-18H2,1-3H3,(H,39,41)(H,43,44)/t25-/m0/s1. The van der Waals surface area contributed by atoms with Gasteiger partial charge >= 0.3 is 12.1 Å². The van der Waals surface area contributed by atoms with Crippen LogP contribution in [0.25, 0.3) is 22.5 Å². The van der Waals surface area contributed by atoms with E-state index in [4.69, 9.17) is 0 Å². The molecule has 4 aromatic rings. The number of halogens is 3. The van der Waals surface area contributed by atoms with Crippen molar-refractivity contribution in [2.45, 2.75) is 44.8 Å². The van der Waals surface area contributed by atoms with Crippen LogP contribution in [-0.4, -0.2) is 56.9 Å². The number of rotatable bonds is 8. The summed E-state index contributed by atoms with van der Waals surface area (Å²) in [7, 11) is 0. The molecule has 0 aliphatic carbocycles. The molecule has 0 saturated carbocycles. The van der Waals surface area contributed by atoms with Crippen molar-refractivity contribution < 1.29 is 32.7 Å². The van der Waals surface area contributed by atoms with Crippen LogP contribution in [0, 0.1) is 5.92 Å². The van der Waals surface area contributed by atoms with E-state index in [0.29, 0.717) is 27.4 Å². The van der Waals surface area contributed by atoms with E-state index in [9.17, 15) is 32.7 Å². The van der Waals surface area contributed by atoms with E-state index in [1.165, 1.54) is 40.8 Å². The smallest absolute Gasteiger partial charge is 0.416 e. The number of aromatic nitrogens is 2. The zero-order valence-corrected chi connectivity index (χ0v) is 25.6. The Morgan fingerprint density at radius 1 is 0.911 bits per heavy atom. The van der Waals surface area contributed by atoms with Gasteiger partial charge in [0.25, 0.3) is 5.91 Å². The SMILES string of the molecule is CC(C)(C)c1ccc(C(=O)N[C@@H](Cc2ccc(-c3ncc(-c4ccc(C(F)(F)F)cc4)cn3)cc2)C(=O)N2CC(C(=O)O)C2)s1. The van der Waals surface area contributed by atoms with Crippen LogP contribution >= 0.6 is 11.3 Å². The van der Waals surface area contributed by atoms with Crippen LogP contribution in [0.4, 0.5) is 13.2 Å². The minimum atomic E-state index is -4.41. The molecule has 45 heavy (non-hydrogen) atoms. The Kier molecular flexibility index (Phi) is 8.79. The lowest BCUT2D eigenvalue weighted by Gasteiger charge is -2.38. The molecule has 8 nitrogen and oxygen atoms in total. The van der Waals surface area contributed by atoms with Crippen molar-refractivity contribution in [3.63, 3.8) is 0 Å². The number of aliphatic carboxylic acids is 1. The second kappa shape index (κ2) is 12.4. The summed E-state index contributed by atoms with van der Waals surface area (Å²) in [5, 5.41) is 12.1. The molecule has 0 spiro atoms. The third-order valence-corrected chi connectivity index (χ3v) is 9.07. The van der Waals surface area contributed by atoms with Crippen LogP contribution < -0.4 is 5.32 Å². The van der Waals surface area contributed by atoms with Gasteiger partial charge in [0, 0.05) is 47.9 Å². The van der Waals surface area contributed by atoms with Crippen molar-refractivity contribution in [1.29, 1.82) is 0 Å². The Morgan fingerprint density at radius 3 is 2.04 bits per heavy atom. The largest absolute Gasteiger partial charge is 0.481 e. The Labute approximate surface area is 262 Å². The average molecular weight is 637 g/mol. The minimum Gasteiger partial charge on any atom is -0.481 e. The highest BCUT2D eigenvalue weighted by molar-refractivity contribution is 7.14. The van der Waals surface area contributed by atoms with Gasteiger partial charge in [0.05, 0.1) is 16.4 Å². The molecule has 0 bridgehead atoms. The highest BCUT2D eigenvalue weighted by atomic mass is 32.1. The fourth-order valence-corrected chi connectivity index (χ4v) is 5.80. The van der Waals surface area contributed by atoms with E-state index < -0.39 is 29.7 Å². The Bertz CT molecular complexity index is 1690. The molecule has 1 fully saturated rings. The van der Waals surface area contributed by atoms with E-state index in [0.717, 1.165) is 22.6 Å². The van der Waals surface area contributed by atoms with Gasteiger partial charge in [0.15, 0.2) is 5.82 Å². The van der Waals surface area contributed by atoms with Gasteiger partial charge in [-0.25, -0.2) is 9.97 Å². The van der Waals surface area contributed by atoms with Gasteiger partial charge < -0.3 is 15.3 Å². The molecule has 0 radical (unpaired) electrons. The van der Waals surface area contributed by atoms with Gasteiger partial charge in [-0.05, 0) is 40.8 Å². The highest BCUT2D eigenvalue weighted by Crippen LogP contribution is 2.32. The van der Waals surface area contributed by atoms with Gasteiger partial charge in [-0.2, -0.15) is 13.2 Å². The molecule has 2 amide bonds. The third kappa shape index (κ3) is 7.39. The number of alkyl halides is 3. The van der Waals surface area contributed by atoms with E-state index in [1.807, 2.05) is 6.07 Å². The van der Waals surface area contributed by atoms with Crippen LogP contribution in [0.15, 0.2) is 73.1 Å². The third-order valence-electron chi connectivity index (χ3n) is 7.56.